The number of para-hydroxylation sites is 2. The Morgan fingerprint density at radius 2 is 2.00 bits per heavy atom. The average Bonchev–Trinajstić information content (AvgIpc) is 3.39. The van der Waals surface area contributed by atoms with Gasteiger partial charge in [0.15, 0.2) is 0 Å². The van der Waals surface area contributed by atoms with Crippen LogP contribution in [0.25, 0.3) is 10.6 Å². The van der Waals surface area contributed by atoms with E-state index in [9.17, 15) is 4.79 Å². The largest absolute Gasteiger partial charge is 0.493 e. The van der Waals surface area contributed by atoms with Gasteiger partial charge in [-0.2, -0.15) is 0 Å². The van der Waals surface area contributed by atoms with Gasteiger partial charge in [-0.3, -0.25) is 4.79 Å². The van der Waals surface area contributed by atoms with E-state index in [2.05, 4.69) is 17.4 Å². The molecular formula is C23H25N3O2S. The maximum absolute atomic E-state index is 12.8. The summed E-state index contributed by atoms with van der Waals surface area (Å²) in [6.45, 7) is 4.10. The first-order valence-corrected chi connectivity index (χ1v) is 10.9. The maximum Gasteiger partial charge on any atom is 0.228 e. The fraction of sp³-hybridized carbons (Fsp3) is 0.304. The second-order valence-electron chi connectivity index (χ2n) is 7.09. The first-order chi connectivity index (χ1) is 14.2. The number of likely N-dealkylation sites (tertiary alicyclic amines) is 1. The number of hydrogen-bond donors (Lipinski definition) is 1. The predicted octanol–water partition coefficient (Wildman–Crippen LogP) is 4.46. The number of benzene rings is 2. The van der Waals surface area contributed by atoms with Crippen molar-refractivity contribution < 1.29 is 9.53 Å². The molecule has 6 heteroatoms. The van der Waals surface area contributed by atoms with Gasteiger partial charge in [-0.1, -0.05) is 30.3 Å². The monoisotopic (exact) mass is 407 g/mol. The number of anilines is 1. The minimum Gasteiger partial charge on any atom is -0.493 e. The van der Waals surface area contributed by atoms with E-state index < -0.39 is 0 Å². The van der Waals surface area contributed by atoms with Gasteiger partial charge >= 0.3 is 0 Å². The molecule has 2 heterocycles. The molecule has 1 atom stereocenters. The van der Waals surface area contributed by atoms with Crippen LogP contribution in [0, 0.1) is 0 Å². The number of carbonyl (C=O) groups is 1. The Kier molecular flexibility index (Phi) is 6.10. The molecule has 4 rings (SSSR count). The molecule has 1 aliphatic heterocycles. The summed E-state index contributed by atoms with van der Waals surface area (Å²) in [5.41, 5.74) is 2.90. The molecule has 29 heavy (non-hydrogen) atoms. The number of amides is 1. The Morgan fingerprint density at radius 1 is 1.21 bits per heavy atom. The minimum absolute atomic E-state index is 0.136. The molecule has 1 aliphatic rings. The van der Waals surface area contributed by atoms with E-state index in [1.807, 2.05) is 59.7 Å². The number of nitrogens with one attached hydrogen (secondary N) is 1. The van der Waals surface area contributed by atoms with Gasteiger partial charge in [0.05, 0.1) is 24.3 Å². The summed E-state index contributed by atoms with van der Waals surface area (Å²) in [6, 6.07) is 18.4. The molecule has 1 aromatic heterocycles. The Labute approximate surface area is 175 Å². The van der Waals surface area contributed by atoms with Crippen LogP contribution in [-0.2, 0) is 11.2 Å². The van der Waals surface area contributed by atoms with Crippen molar-refractivity contribution in [2.45, 2.75) is 25.8 Å². The number of aromatic nitrogens is 1. The first kappa shape index (κ1) is 19.5. The Morgan fingerprint density at radius 3 is 2.83 bits per heavy atom. The minimum atomic E-state index is 0.136. The van der Waals surface area contributed by atoms with Gasteiger partial charge < -0.3 is 15.0 Å². The number of carbonyl (C=O) groups excluding carboxylic acids is 1. The Hall–Kier alpha value is -2.86. The molecule has 0 aliphatic carbocycles. The lowest BCUT2D eigenvalue weighted by atomic mass is 10.2. The molecule has 3 aromatic rings. The third-order valence-corrected chi connectivity index (χ3v) is 5.91. The Balaban J connectivity index is 1.36. The molecule has 1 N–H and O–H groups in total. The molecular weight excluding hydrogens is 382 g/mol. The highest BCUT2D eigenvalue weighted by molar-refractivity contribution is 7.13. The first-order valence-electron chi connectivity index (χ1n) is 9.99. The van der Waals surface area contributed by atoms with Gasteiger partial charge in [0, 0.05) is 30.2 Å². The number of thiazole rings is 1. The van der Waals surface area contributed by atoms with Gasteiger partial charge in [0.25, 0.3) is 0 Å². The number of rotatable bonds is 7. The van der Waals surface area contributed by atoms with E-state index in [1.165, 1.54) is 0 Å². The molecule has 5 nitrogen and oxygen atoms in total. The molecule has 0 bridgehead atoms. The van der Waals surface area contributed by atoms with Crippen LogP contribution in [0.1, 0.15) is 19.0 Å². The van der Waals surface area contributed by atoms with Crippen molar-refractivity contribution in [2.24, 2.45) is 0 Å². The van der Waals surface area contributed by atoms with Crippen molar-refractivity contribution in [1.82, 2.24) is 9.88 Å². The lowest BCUT2D eigenvalue weighted by Crippen LogP contribution is -2.32. The van der Waals surface area contributed by atoms with Crippen LogP contribution >= 0.6 is 11.3 Å². The fourth-order valence-electron chi connectivity index (χ4n) is 3.58. The van der Waals surface area contributed by atoms with Gasteiger partial charge in [-0.15, -0.1) is 11.3 Å². The lowest BCUT2D eigenvalue weighted by molar-refractivity contribution is -0.129. The van der Waals surface area contributed by atoms with E-state index in [4.69, 9.17) is 9.72 Å². The summed E-state index contributed by atoms with van der Waals surface area (Å²) in [4.78, 5) is 19.4. The predicted molar refractivity (Wildman–Crippen MR) is 117 cm³/mol. The quantitative estimate of drug-likeness (QED) is 0.628. The van der Waals surface area contributed by atoms with Crippen molar-refractivity contribution in [3.63, 3.8) is 0 Å². The van der Waals surface area contributed by atoms with Gasteiger partial charge in [-0.05, 0) is 37.6 Å². The highest BCUT2D eigenvalue weighted by Gasteiger charge is 2.26. The van der Waals surface area contributed by atoms with E-state index in [-0.39, 0.29) is 5.91 Å². The van der Waals surface area contributed by atoms with Crippen LogP contribution < -0.4 is 10.1 Å². The summed E-state index contributed by atoms with van der Waals surface area (Å²) in [5.74, 6) is 0.967. The zero-order valence-corrected chi connectivity index (χ0v) is 17.3. The smallest absolute Gasteiger partial charge is 0.228 e. The normalized spacial score (nSPS) is 16.0. The second-order valence-corrected chi connectivity index (χ2v) is 7.94. The van der Waals surface area contributed by atoms with Crippen LogP contribution in [0.15, 0.2) is 60.0 Å². The summed E-state index contributed by atoms with van der Waals surface area (Å²) in [6.07, 6.45) is 1.30. The summed E-state index contributed by atoms with van der Waals surface area (Å²) < 4.78 is 5.71. The lowest BCUT2D eigenvalue weighted by Gasteiger charge is -2.17. The van der Waals surface area contributed by atoms with Crippen molar-refractivity contribution in [3.05, 3.63) is 65.7 Å². The van der Waals surface area contributed by atoms with Crippen molar-refractivity contribution in [2.75, 3.05) is 25.0 Å². The second kappa shape index (κ2) is 9.09. The zero-order valence-electron chi connectivity index (χ0n) is 16.5. The topological polar surface area (TPSA) is 54.5 Å². The van der Waals surface area contributed by atoms with Crippen molar-refractivity contribution in [1.29, 1.82) is 0 Å². The SMILES string of the molecule is CCOc1ccccc1-c1nc(CC(=O)N2CCC(Nc3ccccc3)C2)cs1. The average molecular weight is 408 g/mol. The summed E-state index contributed by atoms with van der Waals surface area (Å²) in [7, 11) is 0. The maximum atomic E-state index is 12.8. The molecule has 2 aromatic carbocycles. The molecule has 1 fully saturated rings. The number of nitrogens with zero attached hydrogens (tertiary/aromatic N) is 2. The molecule has 1 unspecified atom stereocenters. The molecule has 0 radical (unpaired) electrons. The van der Waals surface area contributed by atoms with E-state index >= 15 is 0 Å². The third-order valence-electron chi connectivity index (χ3n) is 4.99. The molecule has 150 valence electrons. The van der Waals surface area contributed by atoms with E-state index in [1.54, 1.807) is 11.3 Å². The van der Waals surface area contributed by atoms with Crippen LogP contribution in [0.3, 0.4) is 0 Å². The van der Waals surface area contributed by atoms with Crippen molar-refractivity contribution >= 4 is 22.9 Å². The highest BCUT2D eigenvalue weighted by Crippen LogP contribution is 2.32. The highest BCUT2D eigenvalue weighted by atomic mass is 32.1. The van der Waals surface area contributed by atoms with E-state index in [0.29, 0.717) is 19.1 Å². The Bertz CT molecular complexity index is 958. The third kappa shape index (κ3) is 4.77. The van der Waals surface area contributed by atoms with Gasteiger partial charge in [-0.25, -0.2) is 4.98 Å². The van der Waals surface area contributed by atoms with Gasteiger partial charge in [0.1, 0.15) is 10.8 Å². The van der Waals surface area contributed by atoms with Crippen LogP contribution in [0.4, 0.5) is 5.69 Å². The summed E-state index contributed by atoms with van der Waals surface area (Å²) in [5, 5.41) is 6.38. The standard InChI is InChI=1S/C23H25N3O2S/c1-2-28-21-11-7-6-10-20(21)23-25-19(16-29-23)14-22(27)26-13-12-18(15-26)24-17-8-4-3-5-9-17/h3-11,16,18,24H,2,12-15H2,1H3. The zero-order chi connectivity index (χ0) is 20.1. The molecule has 1 amide bonds. The molecule has 0 spiro atoms. The van der Waals surface area contributed by atoms with Crippen LogP contribution in [-0.4, -0.2) is 41.5 Å². The number of hydrogen-bond acceptors (Lipinski definition) is 5. The van der Waals surface area contributed by atoms with Crippen molar-refractivity contribution in [3.8, 4) is 16.3 Å². The van der Waals surface area contributed by atoms with Crippen LogP contribution in [0.5, 0.6) is 5.75 Å². The number of ether oxygens (including phenoxy) is 1. The molecule has 1 saturated heterocycles. The van der Waals surface area contributed by atoms with E-state index in [0.717, 1.165) is 47.2 Å². The summed E-state index contributed by atoms with van der Waals surface area (Å²) >= 11 is 1.56. The van der Waals surface area contributed by atoms with Crippen LogP contribution in [0.2, 0.25) is 0 Å². The molecule has 0 saturated carbocycles. The fourth-order valence-corrected chi connectivity index (χ4v) is 4.43. The van der Waals surface area contributed by atoms with Gasteiger partial charge in [0.2, 0.25) is 5.91 Å².